The molecule has 8 saturated carbocycles. The number of nitrogens with zero attached hydrogens (tertiary/aromatic N) is 3. The van der Waals surface area contributed by atoms with E-state index < -0.39 is 0 Å². The van der Waals surface area contributed by atoms with E-state index in [0.29, 0.717) is 11.1 Å². The van der Waals surface area contributed by atoms with Crippen LogP contribution in [0.4, 0.5) is 0 Å². The summed E-state index contributed by atoms with van der Waals surface area (Å²) < 4.78 is 0. The van der Waals surface area contributed by atoms with Crippen LogP contribution in [0.5, 0.6) is 0 Å². The van der Waals surface area contributed by atoms with Crippen LogP contribution in [0.15, 0.2) is 6.07 Å². The van der Waals surface area contributed by atoms with Crippen molar-refractivity contribution < 1.29 is 9.59 Å². The molecule has 0 aromatic carbocycles. The molecule has 0 N–H and O–H groups in total. The average molecular weight is 490 g/mol. The maximum absolute atomic E-state index is 13.7. The van der Waals surface area contributed by atoms with Gasteiger partial charge in [0.25, 0.3) is 11.8 Å². The Labute approximate surface area is 216 Å². The molecule has 2 amide bonds. The summed E-state index contributed by atoms with van der Waals surface area (Å²) in [5.74, 6) is 4.73. The minimum absolute atomic E-state index is 0.0121. The summed E-state index contributed by atoms with van der Waals surface area (Å²) in [5, 5.41) is 0. The molecular formula is C31H43N3O2. The third kappa shape index (κ3) is 3.36. The maximum atomic E-state index is 13.7. The zero-order valence-electron chi connectivity index (χ0n) is 22.7. The highest BCUT2D eigenvalue weighted by molar-refractivity contribution is 6.01. The van der Waals surface area contributed by atoms with Gasteiger partial charge in [-0.05, 0) is 119 Å². The second-order valence-corrected chi connectivity index (χ2v) is 14.6. The number of hydrogen-bond acceptors (Lipinski definition) is 3. The monoisotopic (exact) mass is 489 g/mol. The van der Waals surface area contributed by atoms with Crippen molar-refractivity contribution in [2.24, 2.45) is 35.5 Å². The van der Waals surface area contributed by atoms with E-state index in [-0.39, 0.29) is 22.6 Å². The first-order valence-corrected chi connectivity index (χ1v) is 14.6. The Morgan fingerprint density at radius 1 is 0.611 bits per heavy atom. The number of hydrogen-bond donors (Lipinski definition) is 0. The van der Waals surface area contributed by atoms with Crippen LogP contribution in [0.25, 0.3) is 0 Å². The molecule has 5 nitrogen and oxygen atoms in total. The summed E-state index contributed by atoms with van der Waals surface area (Å²) >= 11 is 0. The quantitative estimate of drug-likeness (QED) is 0.567. The summed E-state index contributed by atoms with van der Waals surface area (Å²) in [4.78, 5) is 36.5. The lowest BCUT2D eigenvalue weighted by Gasteiger charge is -2.58. The fraction of sp³-hybridized carbons (Fsp3) is 0.774. The van der Waals surface area contributed by atoms with Crippen molar-refractivity contribution in [3.05, 3.63) is 28.6 Å². The topological polar surface area (TPSA) is 53.5 Å². The third-order valence-corrected chi connectivity index (χ3v) is 11.4. The second-order valence-electron chi connectivity index (χ2n) is 14.6. The van der Waals surface area contributed by atoms with Crippen LogP contribution in [-0.4, -0.2) is 54.8 Å². The molecule has 8 bridgehead atoms. The smallest absolute Gasteiger partial charge is 0.255 e. The highest BCUT2D eigenvalue weighted by atomic mass is 16.2. The summed E-state index contributed by atoms with van der Waals surface area (Å²) in [6, 6.07) is 2.01. The maximum Gasteiger partial charge on any atom is 0.255 e. The van der Waals surface area contributed by atoms with Gasteiger partial charge in [0.1, 0.15) is 0 Å². The third-order valence-electron chi connectivity index (χ3n) is 11.4. The van der Waals surface area contributed by atoms with Crippen LogP contribution in [0, 0.1) is 35.5 Å². The van der Waals surface area contributed by atoms with Gasteiger partial charge in [-0.3, -0.25) is 14.6 Å². The van der Waals surface area contributed by atoms with Gasteiger partial charge in [0.05, 0.1) is 22.5 Å². The molecule has 8 aliphatic carbocycles. The highest BCUT2D eigenvalue weighted by Crippen LogP contribution is 2.63. The first-order valence-electron chi connectivity index (χ1n) is 14.6. The fourth-order valence-corrected chi connectivity index (χ4v) is 10.9. The minimum atomic E-state index is 0.0121. The van der Waals surface area contributed by atoms with Crippen molar-refractivity contribution >= 4 is 11.8 Å². The lowest BCUT2D eigenvalue weighted by Crippen LogP contribution is -2.52. The summed E-state index contributed by atoms with van der Waals surface area (Å²) in [7, 11) is 7.36. The molecule has 0 saturated heterocycles. The molecule has 0 atom stereocenters. The van der Waals surface area contributed by atoms with E-state index in [2.05, 4.69) is 0 Å². The van der Waals surface area contributed by atoms with Crippen molar-refractivity contribution in [3.63, 3.8) is 0 Å². The Kier molecular flexibility index (Phi) is 5.03. The second kappa shape index (κ2) is 7.80. The Bertz CT molecular complexity index is 965. The molecule has 1 aromatic rings. The first-order chi connectivity index (χ1) is 17.1. The first kappa shape index (κ1) is 23.2. The van der Waals surface area contributed by atoms with Gasteiger partial charge in [-0.1, -0.05) is 0 Å². The number of aromatic nitrogens is 1. The van der Waals surface area contributed by atoms with Crippen LogP contribution in [0.2, 0.25) is 0 Å². The molecule has 194 valence electrons. The van der Waals surface area contributed by atoms with Gasteiger partial charge in [-0.25, -0.2) is 0 Å². The van der Waals surface area contributed by atoms with Crippen molar-refractivity contribution in [1.29, 1.82) is 0 Å². The molecule has 0 spiro atoms. The average Bonchev–Trinajstić information content (AvgIpc) is 2.80. The fourth-order valence-electron chi connectivity index (χ4n) is 10.9. The van der Waals surface area contributed by atoms with Crippen molar-refractivity contribution in [2.75, 3.05) is 28.2 Å². The predicted octanol–water partition coefficient (Wildman–Crippen LogP) is 5.42. The lowest BCUT2D eigenvalue weighted by molar-refractivity contribution is -0.0131. The van der Waals surface area contributed by atoms with Crippen LogP contribution >= 0.6 is 0 Å². The van der Waals surface area contributed by atoms with Crippen LogP contribution in [-0.2, 0) is 10.8 Å². The molecule has 8 aliphatic rings. The van der Waals surface area contributed by atoms with Crippen LogP contribution < -0.4 is 0 Å². The van der Waals surface area contributed by atoms with Crippen molar-refractivity contribution in [2.45, 2.75) is 87.9 Å². The molecule has 1 aromatic heterocycles. The minimum Gasteiger partial charge on any atom is -0.345 e. The van der Waals surface area contributed by atoms with Gasteiger partial charge < -0.3 is 9.80 Å². The molecule has 5 heteroatoms. The largest absolute Gasteiger partial charge is 0.345 e. The number of amides is 2. The van der Waals surface area contributed by atoms with Gasteiger partial charge in [0.15, 0.2) is 0 Å². The van der Waals surface area contributed by atoms with E-state index in [0.717, 1.165) is 46.9 Å². The predicted molar refractivity (Wildman–Crippen MR) is 140 cm³/mol. The zero-order chi connectivity index (χ0) is 25.0. The molecule has 1 heterocycles. The van der Waals surface area contributed by atoms with Gasteiger partial charge >= 0.3 is 0 Å². The summed E-state index contributed by atoms with van der Waals surface area (Å²) in [6.07, 6.45) is 15.3. The van der Waals surface area contributed by atoms with E-state index >= 15 is 0 Å². The zero-order valence-corrected chi connectivity index (χ0v) is 22.7. The van der Waals surface area contributed by atoms with Crippen molar-refractivity contribution in [1.82, 2.24) is 14.8 Å². The van der Waals surface area contributed by atoms with E-state index in [9.17, 15) is 9.59 Å². The van der Waals surface area contributed by atoms with E-state index in [1.807, 2.05) is 34.3 Å². The van der Waals surface area contributed by atoms with Gasteiger partial charge in [-0.15, -0.1) is 0 Å². The summed E-state index contributed by atoms with van der Waals surface area (Å²) in [5.41, 5.74) is 3.60. The number of carbonyl (C=O) groups excluding carboxylic acids is 2. The van der Waals surface area contributed by atoms with Gasteiger partial charge in [0, 0.05) is 39.0 Å². The van der Waals surface area contributed by atoms with Crippen LogP contribution in [0.1, 0.15) is 109 Å². The van der Waals surface area contributed by atoms with Gasteiger partial charge in [-0.2, -0.15) is 0 Å². The van der Waals surface area contributed by atoms with Gasteiger partial charge in [0.2, 0.25) is 0 Å². The van der Waals surface area contributed by atoms with E-state index in [1.165, 1.54) is 77.0 Å². The summed E-state index contributed by atoms with van der Waals surface area (Å²) in [6.45, 7) is 0. The Balaban J connectivity index is 1.45. The van der Waals surface area contributed by atoms with Crippen molar-refractivity contribution in [3.8, 4) is 0 Å². The molecule has 0 unspecified atom stereocenters. The van der Waals surface area contributed by atoms with Crippen LogP contribution in [0.3, 0.4) is 0 Å². The molecule has 36 heavy (non-hydrogen) atoms. The lowest BCUT2D eigenvalue weighted by atomic mass is 9.47. The van der Waals surface area contributed by atoms with E-state index in [1.54, 1.807) is 9.80 Å². The Morgan fingerprint density at radius 3 is 1.14 bits per heavy atom. The standard InChI is InChI=1S/C31H43N3O2/c1-33(2)28(35)24-11-25(29(36)34(3)4)27(31-15-21-8-22(16-31)10-23(9-21)17-31)32-26(24)30-12-18-5-19(13-30)7-20(6-18)14-30/h11,18-23H,5-10,12-17H2,1-4H3. The molecule has 8 fully saturated rings. The number of carbonyl (C=O) groups is 2. The molecule has 0 aliphatic heterocycles. The Hall–Kier alpha value is -1.91. The van der Waals surface area contributed by atoms with E-state index in [4.69, 9.17) is 4.98 Å². The highest BCUT2D eigenvalue weighted by Gasteiger charge is 2.56. The number of pyridine rings is 1. The molecule has 0 radical (unpaired) electrons. The molecule has 9 rings (SSSR count). The SMILES string of the molecule is CN(C)C(=O)c1cc(C(=O)N(C)C)c(C23CC4CC(CC(C4)C2)C3)nc1C12CC3CC(CC(C3)C1)C2. The number of rotatable bonds is 4. The molecular weight excluding hydrogens is 446 g/mol. The Morgan fingerprint density at radius 2 is 0.889 bits per heavy atom. The normalized spacial score (nSPS) is 41.6.